The standard InChI is InChI=1S/C19H20N4.ClH.H2O/c1-13-20-16-11-17(14-7-3-2-4-8-14)23-12-15-9-5-6-10-22(15)19(21-13)18(16)23;;/h2-4,7-8,11,15H,5-6,9-10,12H2,1H3;1H;1H2. The molecule has 0 saturated carbocycles. The third-order valence-electron chi connectivity index (χ3n) is 5.20. The molecule has 3 aromatic rings. The summed E-state index contributed by atoms with van der Waals surface area (Å²) in [6, 6.07) is 13.5. The van der Waals surface area contributed by atoms with Crippen LogP contribution in [0.2, 0.25) is 0 Å². The van der Waals surface area contributed by atoms with E-state index in [0.717, 1.165) is 30.2 Å². The first-order chi connectivity index (χ1) is 11.3. The number of fused-ring (bicyclic) bond motifs is 2. The molecule has 0 bridgehead atoms. The Kier molecular flexibility index (Phi) is 4.71. The first-order valence-electron chi connectivity index (χ1n) is 8.51. The van der Waals surface area contributed by atoms with E-state index in [2.05, 4.69) is 45.9 Å². The van der Waals surface area contributed by atoms with Gasteiger partial charge in [0.15, 0.2) is 5.82 Å². The lowest BCUT2D eigenvalue weighted by molar-refractivity contribution is 0.407. The Hall–Kier alpha value is -2.11. The van der Waals surface area contributed by atoms with Crippen LogP contribution in [0.15, 0.2) is 36.4 Å². The van der Waals surface area contributed by atoms with Gasteiger partial charge in [0.25, 0.3) is 0 Å². The van der Waals surface area contributed by atoms with Crippen molar-refractivity contribution in [3.63, 3.8) is 0 Å². The maximum Gasteiger partial charge on any atom is 0.157 e. The van der Waals surface area contributed by atoms with Crippen LogP contribution in [-0.4, -0.2) is 32.6 Å². The Morgan fingerprint density at radius 1 is 1.08 bits per heavy atom. The van der Waals surface area contributed by atoms with Gasteiger partial charge in [0, 0.05) is 19.1 Å². The highest BCUT2D eigenvalue weighted by Crippen LogP contribution is 2.39. The van der Waals surface area contributed by atoms with E-state index in [1.807, 2.05) is 6.92 Å². The van der Waals surface area contributed by atoms with Gasteiger partial charge in [-0.2, -0.15) is 0 Å². The van der Waals surface area contributed by atoms with E-state index in [1.54, 1.807) is 0 Å². The van der Waals surface area contributed by atoms with Gasteiger partial charge >= 0.3 is 0 Å². The predicted molar refractivity (Wildman–Crippen MR) is 104 cm³/mol. The normalized spacial score (nSPS) is 18.3. The van der Waals surface area contributed by atoms with E-state index in [9.17, 15) is 0 Å². The zero-order valence-corrected chi connectivity index (χ0v) is 15.1. The number of hydrogen-bond acceptors (Lipinski definition) is 3. The summed E-state index contributed by atoms with van der Waals surface area (Å²) in [5, 5.41) is 0. The summed E-state index contributed by atoms with van der Waals surface area (Å²) in [6.07, 6.45) is 3.86. The Morgan fingerprint density at radius 3 is 2.68 bits per heavy atom. The highest BCUT2D eigenvalue weighted by atomic mass is 35.5. The van der Waals surface area contributed by atoms with Crippen LogP contribution in [-0.2, 0) is 6.54 Å². The average molecular weight is 359 g/mol. The van der Waals surface area contributed by atoms with Crippen LogP contribution in [0.4, 0.5) is 5.82 Å². The molecule has 2 N–H and O–H groups in total. The largest absolute Gasteiger partial charge is 0.412 e. The molecule has 5 rings (SSSR count). The molecule has 2 aliphatic rings. The van der Waals surface area contributed by atoms with Gasteiger partial charge in [-0.3, -0.25) is 0 Å². The molecule has 6 heteroatoms. The molecule has 25 heavy (non-hydrogen) atoms. The fraction of sp³-hybridized carbons (Fsp3) is 0.368. The smallest absolute Gasteiger partial charge is 0.157 e. The maximum atomic E-state index is 4.82. The summed E-state index contributed by atoms with van der Waals surface area (Å²) in [4.78, 5) is 12.0. The summed E-state index contributed by atoms with van der Waals surface area (Å²) in [5.74, 6) is 2.01. The second-order valence-electron chi connectivity index (χ2n) is 6.68. The second kappa shape index (κ2) is 6.65. The van der Waals surface area contributed by atoms with Crippen molar-refractivity contribution in [2.75, 3.05) is 11.4 Å². The molecule has 1 aromatic carbocycles. The Labute approximate surface area is 153 Å². The van der Waals surface area contributed by atoms with Crippen LogP contribution in [0, 0.1) is 6.92 Å². The van der Waals surface area contributed by atoms with Gasteiger partial charge in [-0.25, -0.2) is 9.97 Å². The van der Waals surface area contributed by atoms with Gasteiger partial charge in [-0.1, -0.05) is 30.3 Å². The van der Waals surface area contributed by atoms with E-state index in [1.165, 1.54) is 36.0 Å². The van der Waals surface area contributed by atoms with E-state index in [4.69, 9.17) is 9.97 Å². The summed E-state index contributed by atoms with van der Waals surface area (Å²) in [7, 11) is 0. The molecule has 5 nitrogen and oxygen atoms in total. The van der Waals surface area contributed by atoms with Crippen LogP contribution in [0.1, 0.15) is 25.1 Å². The lowest BCUT2D eigenvalue weighted by Gasteiger charge is -2.41. The molecular weight excluding hydrogens is 336 g/mol. The van der Waals surface area contributed by atoms with Crippen molar-refractivity contribution in [3.05, 3.63) is 42.2 Å². The minimum Gasteiger partial charge on any atom is -0.412 e. The van der Waals surface area contributed by atoms with Gasteiger partial charge in [-0.15, -0.1) is 12.4 Å². The molecule has 1 atom stereocenters. The number of benzene rings is 1. The molecule has 1 unspecified atom stereocenters. The molecule has 1 saturated heterocycles. The van der Waals surface area contributed by atoms with Crippen molar-refractivity contribution >= 4 is 29.3 Å². The SMILES string of the molecule is Cc1nc2c3c(cc(-c4ccccc4)n3CC3CCCCN23)n1.Cl.O. The molecular formula is C19H23ClN4O. The number of hydrogen-bond donors (Lipinski definition) is 0. The van der Waals surface area contributed by atoms with Gasteiger partial charge < -0.3 is 14.9 Å². The van der Waals surface area contributed by atoms with Crippen molar-refractivity contribution < 1.29 is 5.48 Å². The fourth-order valence-electron chi connectivity index (χ4n) is 4.18. The van der Waals surface area contributed by atoms with Crippen molar-refractivity contribution in [1.82, 2.24) is 14.5 Å². The molecule has 0 radical (unpaired) electrons. The molecule has 2 aliphatic heterocycles. The summed E-state index contributed by atoms with van der Waals surface area (Å²) < 4.78 is 2.45. The molecule has 4 heterocycles. The molecule has 2 aromatic heterocycles. The number of piperidine rings is 1. The molecule has 0 aliphatic carbocycles. The monoisotopic (exact) mass is 358 g/mol. The first kappa shape index (κ1) is 17.7. The zero-order chi connectivity index (χ0) is 15.4. The van der Waals surface area contributed by atoms with E-state index in [0.29, 0.717) is 6.04 Å². The minimum absolute atomic E-state index is 0. The average Bonchev–Trinajstić information content (AvgIpc) is 2.95. The van der Waals surface area contributed by atoms with Crippen LogP contribution in [0.5, 0.6) is 0 Å². The second-order valence-corrected chi connectivity index (χ2v) is 6.68. The topological polar surface area (TPSA) is 65.5 Å². The highest BCUT2D eigenvalue weighted by molar-refractivity contribution is 5.93. The maximum absolute atomic E-state index is 4.82. The lowest BCUT2D eigenvalue weighted by Crippen LogP contribution is -2.45. The number of aryl methyl sites for hydroxylation is 1. The van der Waals surface area contributed by atoms with Gasteiger partial charge in [0.05, 0.1) is 11.2 Å². The Morgan fingerprint density at radius 2 is 1.88 bits per heavy atom. The van der Waals surface area contributed by atoms with Crippen molar-refractivity contribution in [3.8, 4) is 11.3 Å². The lowest BCUT2D eigenvalue weighted by atomic mass is 10.00. The van der Waals surface area contributed by atoms with E-state index in [-0.39, 0.29) is 17.9 Å². The van der Waals surface area contributed by atoms with Crippen LogP contribution >= 0.6 is 12.4 Å². The van der Waals surface area contributed by atoms with Crippen LogP contribution < -0.4 is 4.90 Å². The zero-order valence-electron chi connectivity index (χ0n) is 14.3. The number of rotatable bonds is 1. The predicted octanol–water partition coefficient (Wildman–Crippen LogP) is 3.38. The summed E-state index contributed by atoms with van der Waals surface area (Å²) >= 11 is 0. The number of halogens is 1. The minimum atomic E-state index is 0. The molecule has 132 valence electrons. The quantitative estimate of drug-likeness (QED) is 0.669. The Balaban J connectivity index is 0.000000911. The number of aromatic nitrogens is 3. The summed E-state index contributed by atoms with van der Waals surface area (Å²) in [5.41, 5.74) is 4.83. The Bertz CT molecular complexity index is 893. The number of nitrogens with zero attached hydrogens (tertiary/aromatic N) is 4. The third kappa shape index (κ3) is 2.68. The highest BCUT2D eigenvalue weighted by Gasteiger charge is 2.33. The van der Waals surface area contributed by atoms with Gasteiger partial charge in [-0.05, 0) is 37.8 Å². The van der Waals surface area contributed by atoms with Crippen molar-refractivity contribution in [2.45, 2.75) is 38.8 Å². The summed E-state index contributed by atoms with van der Waals surface area (Å²) in [6.45, 7) is 4.18. The molecule has 0 spiro atoms. The third-order valence-corrected chi connectivity index (χ3v) is 5.20. The van der Waals surface area contributed by atoms with E-state index < -0.39 is 0 Å². The first-order valence-corrected chi connectivity index (χ1v) is 8.51. The molecule has 1 fully saturated rings. The van der Waals surface area contributed by atoms with Crippen molar-refractivity contribution in [1.29, 1.82) is 0 Å². The van der Waals surface area contributed by atoms with Crippen molar-refractivity contribution in [2.24, 2.45) is 0 Å². The number of anilines is 1. The van der Waals surface area contributed by atoms with E-state index >= 15 is 0 Å². The molecule has 0 amide bonds. The van der Waals surface area contributed by atoms with Crippen LogP contribution in [0.25, 0.3) is 22.3 Å². The fourth-order valence-corrected chi connectivity index (χ4v) is 4.18. The van der Waals surface area contributed by atoms with Crippen LogP contribution in [0.3, 0.4) is 0 Å². The van der Waals surface area contributed by atoms with Gasteiger partial charge in [0.1, 0.15) is 11.3 Å². The van der Waals surface area contributed by atoms with Gasteiger partial charge in [0.2, 0.25) is 0 Å².